The second-order valence-corrected chi connectivity index (χ2v) is 3.53. The lowest BCUT2D eigenvalue weighted by molar-refractivity contribution is 0.0765. The molecule has 80 valence electrons. The van der Waals surface area contributed by atoms with Crippen LogP contribution in [0.25, 0.3) is 0 Å². The van der Waals surface area contributed by atoms with Crippen molar-refractivity contribution < 1.29 is 4.79 Å². The number of carbonyl (C=O) groups excluding carboxylic acids is 1. The molecule has 2 rings (SSSR count). The molecule has 1 fully saturated rings. The van der Waals surface area contributed by atoms with E-state index >= 15 is 0 Å². The van der Waals surface area contributed by atoms with Gasteiger partial charge in [-0.1, -0.05) is 0 Å². The molecule has 5 heteroatoms. The number of nitrogens with one attached hydrogen (secondary N) is 1. The van der Waals surface area contributed by atoms with Gasteiger partial charge in [0.05, 0.1) is 18.0 Å². The van der Waals surface area contributed by atoms with E-state index in [0.29, 0.717) is 5.56 Å². The predicted octanol–water partition coefficient (Wildman–Crippen LogP) is -0.0879. The van der Waals surface area contributed by atoms with Crippen LogP contribution in [0, 0.1) is 0 Å². The van der Waals surface area contributed by atoms with Crippen LogP contribution in [0.3, 0.4) is 0 Å². The summed E-state index contributed by atoms with van der Waals surface area (Å²) in [5.41, 5.74) is 0.618. The predicted molar refractivity (Wildman–Crippen MR) is 55.4 cm³/mol. The van der Waals surface area contributed by atoms with E-state index in [1.54, 1.807) is 12.3 Å². The standard InChI is InChI=1S/C10H14N4O/c15-10(9-2-4-12-13-8-9)14-6-1-3-11-5-7-14/h2,4,8,11H,1,3,5-7H2. The molecule has 0 unspecified atom stereocenters. The summed E-state index contributed by atoms with van der Waals surface area (Å²) in [7, 11) is 0. The first-order valence-electron chi connectivity index (χ1n) is 5.14. The largest absolute Gasteiger partial charge is 0.337 e. The Hall–Kier alpha value is -1.49. The van der Waals surface area contributed by atoms with Crippen molar-refractivity contribution in [2.45, 2.75) is 6.42 Å². The van der Waals surface area contributed by atoms with Crippen molar-refractivity contribution in [3.05, 3.63) is 24.0 Å². The quantitative estimate of drug-likeness (QED) is 0.697. The van der Waals surface area contributed by atoms with Crippen molar-refractivity contribution in [3.63, 3.8) is 0 Å². The van der Waals surface area contributed by atoms with Gasteiger partial charge >= 0.3 is 0 Å². The van der Waals surface area contributed by atoms with E-state index in [0.717, 1.165) is 32.6 Å². The molecule has 0 radical (unpaired) electrons. The molecule has 1 aliphatic rings. The maximum absolute atomic E-state index is 12.0. The topological polar surface area (TPSA) is 58.1 Å². The third kappa shape index (κ3) is 2.50. The first-order chi connectivity index (χ1) is 7.38. The van der Waals surface area contributed by atoms with Crippen LogP contribution in [0.4, 0.5) is 0 Å². The van der Waals surface area contributed by atoms with Gasteiger partial charge in [0.2, 0.25) is 0 Å². The SMILES string of the molecule is O=C(c1ccnnc1)N1CCCNCC1. The number of carbonyl (C=O) groups is 1. The second-order valence-electron chi connectivity index (χ2n) is 3.53. The molecule has 0 bridgehead atoms. The van der Waals surface area contributed by atoms with Crippen LogP contribution in [-0.4, -0.2) is 47.2 Å². The Morgan fingerprint density at radius 1 is 1.33 bits per heavy atom. The number of rotatable bonds is 1. The number of aromatic nitrogens is 2. The zero-order valence-electron chi connectivity index (χ0n) is 8.52. The molecule has 1 aromatic heterocycles. The fraction of sp³-hybridized carbons (Fsp3) is 0.500. The Morgan fingerprint density at radius 3 is 3.07 bits per heavy atom. The lowest BCUT2D eigenvalue weighted by atomic mass is 10.2. The average molecular weight is 206 g/mol. The third-order valence-corrected chi connectivity index (χ3v) is 2.46. The Balaban J connectivity index is 2.06. The minimum Gasteiger partial charge on any atom is -0.337 e. The van der Waals surface area contributed by atoms with Crippen LogP contribution in [-0.2, 0) is 0 Å². The summed E-state index contributed by atoms with van der Waals surface area (Å²) < 4.78 is 0. The highest BCUT2D eigenvalue weighted by Crippen LogP contribution is 2.04. The molecular weight excluding hydrogens is 192 g/mol. The van der Waals surface area contributed by atoms with E-state index in [1.807, 2.05) is 4.90 Å². The van der Waals surface area contributed by atoms with E-state index in [-0.39, 0.29) is 5.91 Å². The zero-order valence-corrected chi connectivity index (χ0v) is 8.52. The van der Waals surface area contributed by atoms with Crippen molar-refractivity contribution in [3.8, 4) is 0 Å². The van der Waals surface area contributed by atoms with Crippen LogP contribution >= 0.6 is 0 Å². The molecule has 5 nitrogen and oxygen atoms in total. The molecule has 1 aromatic rings. The highest BCUT2D eigenvalue weighted by Gasteiger charge is 2.16. The van der Waals surface area contributed by atoms with E-state index in [2.05, 4.69) is 15.5 Å². The van der Waals surface area contributed by atoms with Crippen LogP contribution in [0.1, 0.15) is 16.8 Å². The maximum atomic E-state index is 12.0. The summed E-state index contributed by atoms with van der Waals surface area (Å²) in [5.74, 6) is 0.0496. The van der Waals surface area contributed by atoms with E-state index in [1.165, 1.54) is 6.20 Å². The molecule has 0 atom stereocenters. The molecule has 0 aromatic carbocycles. The smallest absolute Gasteiger partial charge is 0.255 e. The Morgan fingerprint density at radius 2 is 2.27 bits per heavy atom. The Bertz CT molecular complexity index is 319. The molecule has 1 N–H and O–H groups in total. The van der Waals surface area contributed by atoms with Gasteiger partial charge in [0.25, 0.3) is 5.91 Å². The highest BCUT2D eigenvalue weighted by atomic mass is 16.2. The number of amides is 1. The summed E-state index contributed by atoms with van der Waals surface area (Å²) >= 11 is 0. The van der Waals surface area contributed by atoms with Gasteiger partial charge in [-0.25, -0.2) is 0 Å². The monoisotopic (exact) mass is 206 g/mol. The molecule has 0 aliphatic carbocycles. The number of hydrogen-bond acceptors (Lipinski definition) is 4. The van der Waals surface area contributed by atoms with Gasteiger partial charge in [0.1, 0.15) is 0 Å². The normalized spacial score (nSPS) is 17.2. The number of hydrogen-bond donors (Lipinski definition) is 1. The summed E-state index contributed by atoms with van der Waals surface area (Å²) in [6, 6.07) is 1.70. The van der Waals surface area contributed by atoms with Crippen molar-refractivity contribution in [1.82, 2.24) is 20.4 Å². The van der Waals surface area contributed by atoms with Crippen LogP contribution in [0.15, 0.2) is 18.5 Å². The summed E-state index contributed by atoms with van der Waals surface area (Å²) in [6.45, 7) is 3.43. The first kappa shape index (κ1) is 10.0. The second kappa shape index (κ2) is 4.84. The summed E-state index contributed by atoms with van der Waals surface area (Å²) in [4.78, 5) is 13.8. The van der Waals surface area contributed by atoms with Gasteiger partial charge in [-0.15, -0.1) is 0 Å². The summed E-state index contributed by atoms with van der Waals surface area (Å²) in [5, 5.41) is 10.6. The van der Waals surface area contributed by atoms with E-state index < -0.39 is 0 Å². The molecule has 0 saturated carbocycles. The van der Waals surface area contributed by atoms with Gasteiger partial charge in [-0.05, 0) is 19.0 Å². The lowest BCUT2D eigenvalue weighted by Gasteiger charge is -2.19. The lowest BCUT2D eigenvalue weighted by Crippen LogP contribution is -2.34. The molecule has 1 aliphatic heterocycles. The molecule has 0 spiro atoms. The molecular formula is C10H14N4O. The van der Waals surface area contributed by atoms with Gasteiger partial charge in [-0.2, -0.15) is 10.2 Å². The average Bonchev–Trinajstić information content (AvgIpc) is 2.58. The Kier molecular flexibility index (Phi) is 3.24. The van der Waals surface area contributed by atoms with E-state index in [9.17, 15) is 4.79 Å². The van der Waals surface area contributed by atoms with Crippen LogP contribution in [0.2, 0.25) is 0 Å². The van der Waals surface area contributed by atoms with Crippen molar-refractivity contribution in [2.24, 2.45) is 0 Å². The van der Waals surface area contributed by atoms with Gasteiger partial charge in [0.15, 0.2) is 0 Å². The maximum Gasteiger partial charge on any atom is 0.255 e. The Labute approximate surface area is 88.5 Å². The van der Waals surface area contributed by atoms with Crippen LogP contribution in [0.5, 0.6) is 0 Å². The first-order valence-corrected chi connectivity index (χ1v) is 5.14. The third-order valence-electron chi connectivity index (χ3n) is 2.46. The van der Waals surface area contributed by atoms with Crippen LogP contribution < -0.4 is 5.32 Å². The van der Waals surface area contributed by atoms with Crippen molar-refractivity contribution in [2.75, 3.05) is 26.2 Å². The minimum atomic E-state index is 0.0496. The molecule has 15 heavy (non-hydrogen) atoms. The highest BCUT2D eigenvalue weighted by molar-refractivity contribution is 5.93. The fourth-order valence-electron chi connectivity index (χ4n) is 1.65. The van der Waals surface area contributed by atoms with Gasteiger partial charge < -0.3 is 10.2 Å². The zero-order chi connectivity index (χ0) is 10.5. The molecule has 1 saturated heterocycles. The summed E-state index contributed by atoms with van der Waals surface area (Å²) in [6.07, 6.45) is 4.06. The molecule has 2 heterocycles. The number of nitrogens with zero attached hydrogens (tertiary/aromatic N) is 3. The van der Waals surface area contributed by atoms with Crippen molar-refractivity contribution in [1.29, 1.82) is 0 Å². The van der Waals surface area contributed by atoms with E-state index in [4.69, 9.17) is 0 Å². The molecule has 1 amide bonds. The van der Waals surface area contributed by atoms with Gasteiger partial charge in [0, 0.05) is 19.6 Å². The van der Waals surface area contributed by atoms with Gasteiger partial charge in [-0.3, -0.25) is 4.79 Å². The fourth-order valence-corrected chi connectivity index (χ4v) is 1.65. The van der Waals surface area contributed by atoms with Crippen molar-refractivity contribution >= 4 is 5.91 Å². The minimum absolute atomic E-state index is 0.0496.